The van der Waals surface area contributed by atoms with Gasteiger partial charge in [-0.15, -0.1) is 0 Å². The molecule has 0 unspecified atom stereocenters. The first-order chi connectivity index (χ1) is 15.3. The fraction of sp³-hybridized carbons (Fsp3) is 0.423. The predicted octanol–water partition coefficient (Wildman–Crippen LogP) is 3.42. The van der Waals surface area contributed by atoms with Gasteiger partial charge in [0.2, 0.25) is 5.91 Å². The molecule has 32 heavy (non-hydrogen) atoms. The van der Waals surface area contributed by atoms with Gasteiger partial charge in [-0.05, 0) is 55.9 Å². The van der Waals surface area contributed by atoms with Gasteiger partial charge in [-0.25, -0.2) is 0 Å². The molecular formula is C26H33N3O3. The SMILES string of the molecule is Cc1cccc(C(=O)N2CCC([C@@H](NC(=O)c3ccccc3)C(=O)NCC(C)C)CC2)c1. The second-order valence-electron chi connectivity index (χ2n) is 8.96. The maximum Gasteiger partial charge on any atom is 0.253 e. The quantitative estimate of drug-likeness (QED) is 0.700. The van der Waals surface area contributed by atoms with Crippen molar-refractivity contribution >= 4 is 17.7 Å². The van der Waals surface area contributed by atoms with Gasteiger partial charge >= 0.3 is 0 Å². The van der Waals surface area contributed by atoms with Gasteiger partial charge in [0, 0.05) is 30.8 Å². The molecule has 0 aromatic heterocycles. The van der Waals surface area contributed by atoms with Crippen LogP contribution in [-0.4, -0.2) is 48.3 Å². The lowest BCUT2D eigenvalue weighted by Crippen LogP contribution is -2.54. The molecule has 3 amide bonds. The predicted molar refractivity (Wildman–Crippen MR) is 125 cm³/mol. The van der Waals surface area contributed by atoms with Crippen LogP contribution in [-0.2, 0) is 4.79 Å². The van der Waals surface area contributed by atoms with Crippen LogP contribution in [0.15, 0.2) is 54.6 Å². The Balaban J connectivity index is 1.67. The summed E-state index contributed by atoms with van der Waals surface area (Å²) in [5, 5.41) is 5.92. The van der Waals surface area contributed by atoms with Gasteiger partial charge in [-0.2, -0.15) is 0 Å². The average Bonchev–Trinajstić information content (AvgIpc) is 2.81. The zero-order valence-electron chi connectivity index (χ0n) is 19.1. The topological polar surface area (TPSA) is 78.5 Å². The Morgan fingerprint density at radius 1 is 0.969 bits per heavy atom. The molecule has 1 aliphatic heterocycles. The largest absolute Gasteiger partial charge is 0.354 e. The van der Waals surface area contributed by atoms with E-state index in [1.165, 1.54) is 0 Å². The number of aryl methyl sites for hydroxylation is 1. The van der Waals surface area contributed by atoms with Crippen LogP contribution < -0.4 is 10.6 Å². The summed E-state index contributed by atoms with van der Waals surface area (Å²) in [6.07, 6.45) is 1.32. The number of benzene rings is 2. The average molecular weight is 436 g/mol. The summed E-state index contributed by atoms with van der Waals surface area (Å²) in [4.78, 5) is 40.5. The van der Waals surface area contributed by atoms with Crippen molar-refractivity contribution in [3.63, 3.8) is 0 Å². The molecule has 2 aromatic rings. The molecule has 0 radical (unpaired) electrons. The Labute approximate surface area is 190 Å². The molecule has 1 saturated heterocycles. The third-order valence-corrected chi connectivity index (χ3v) is 5.85. The van der Waals surface area contributed by atoms with Gasteiger partial charge < -0.3 is 15.5 Å². The molecule has 2 aromatic carbocycles. The first kappa shape index (κ1) is 23.5. The number of hydrogen-bond donors (Lipinski definition) is 2. The van der Waals surface area contributed by atoms with Crippen molar-refractivity contribution in [2.24, 2.45) is 11.8 Å². The Morgan fingerprint density at radius 3 is 2.25 bits per heavy atom. The molecule has 170 valence electrons. The van der Waals surface area contributed by atoms with Crippen molar-refractivity contribution in [2.75, 3.05) is 19.6 Å². The van der Waals surface area contributed by atoms with E-state index in [1.807, 2.05) is 56.0 Å². The number of piperidine rings is 1. The second-order valence-corrected chi connectivity index (χ2v) is 8.96. The van der Waals surface area contributed by atoms with E-state index in [0.717, 1.165) is 5.56 Å². The lowest BCUT2D eigenvalue weighted by Gasteiger charge is -2.36. The normalized spacial score (nSPS) is 15.3. The van der Waals surface area contributed by atoms with Gasteiger partial charge in [0.25, 0.3) is 11.8 Å². The minimum absolute atomic E-state index is 0.0151. The van der Waals surface area contributed by atoms with Crippen molar-refractivity contribution in [3.05, 3.63) is 71.3 Å². The third-order valence-electron chi connectivity index (χ3n) is 5.85. The molecule has 0 spiro atoms. The van der Waals surface area contributed by atoms with Crippen molar-refractivity contribution in [1.82, 2.24) is 15.5 Å². The van der Waals surface area contributed by atoms with E-state index in [1.54, 1.807) is 24.3 Å². The number of carbonyl (C=O) groups excluding carboxylic acids is 3. The number of carbonyl (C=O) groups is 3. The fourth-order valence-electron chi connectivity index (χ4n) is 4.02. The lowest BCUT2D eigenvalue weighted by molar-refractivity contribution is -0.124. The van der Waals surface area contributed by atoms with Gasteiger partial charge in [0.05, 0.1) is 0 Å². The molecule has 1 atom stereocenters. The number of amides is 3. The van der Waals surface area contributed by atoms with E-state index in [-0.39, 0.29) is 23.6 Å². The van der Waals surface area contributed by atoms with E-state index in [9.17, 15) is 14.4 Å². The van der Waals surface area contributed by atoms with Crippen LogP contribution in [0.3, 0.4) is 0 Å². The second kappa shape index (κ2) is 10.9. The number of nitrogens with zero attached hydrogens (tertiary/aromatic N) is 1. The fourth-order valence-corrected chi connectivity index (χ4v) is 4.02. The Hall–Kier alpha value is -3.15. The molecule has 1 heterocycles. The summed E-state index contributed by atoms with van der Waals surface area (Å²) in [6, 6.07) is 15.9. The minimum Gasteiger partial charge on any atom is -0.354 e. The van der Waals surface area contributed by atoms with E-state index in [2.05, 4.69) is 10.6 Å². The van der Waals surface area contributed by atoms with E-state index in [4.69, 9.17) is 0 Å². The van der Waals surface area contributed by atoms with Crippen LogP contribution in [0.4, 0.5) is 0 Å². The van der Waals surface area contributed by atoms with E-state index < -0.39 is 6.04 Å². The van der Waals surface area contributed by atoms with E-state index >= 15 is 0 Å². The summed E-state index contributed by atoms with van der Waals surface area (Å²) in [6.45, 7) is 7.72. The Morgan fingerprint density at radius 2 is 1.62 bits per heavy atom. The van der Waals surface area contributed by atoms with Crippen LogP contribution in [0, 0.1) is 18.8 Å². The van der Waals surface area contributed by atoms with Gasteiger partial charge in [0.1, 0.15) is 6.04 Å². The summed E-state index contributed by atoms with van der Waals surface area (Å²) >= 11 is 0. The van der Waals surface area contributed by atoms with Gasteiger partial charge in [0.15, 0.2) is 0 Å². The first-order valence-electron chi connectivity index (χ1n) is 11.3. The van der Waals surface area contributed by atoms with Crippen molar-refractivity contribution in [3.8, 4) is 0 Å². The van der Waals surface area contributed by atoms with Gasteiger partial charge in [-0.3, -0.25) is 14.4 Å². The highest BCUT2D eigenvalue weighted by molar-refractivity contribution is 5.97. The summed E-state index contributed by atoms with van der Waals surface area (Å²) in [5.74, 6) is -0.115. The zero-order chi connectivity index (χ0) is 23.1. The molecule has 0 saturated carbocycles. The van der Waals surface area contributed by atoms with Crippen molar-refractivity contribution < 1.29 is 14.4 Å². The number of nitrogens with one attached hydrogen (secondary N) is 2. The summed E-state index contributed by atoms with van der Waals surface area (Å²) < 4.78 is 0. The molecule has 0 aliphatic carbocycles. The summed E-state index contributed by atoms with van der Waals surface area (Å²) in [5.41, 5.74) is 2.27. The molecule has 6 nitrogen and oxygen atoms in total. The first-order valence-corrected chi connectivity index (χ1v) is 11.3. The molecule has 1 aliphatic rings. The van der Waals surface area contributed by atoms with Crippen LogP contribution in [0.2, 0.25) is 0 Å². The molecule has 6 heteroatoms. The van der Waals surface area contributed by atoms with Crippen LogP contribution in [0.25, 0.3) is 0 Å². The Bertz CT molecular complexity index is 934. The van der Waals surface area contributed by atoms with Gasteiger partial charge in [-0.1, -0.05) is 49.7 Å². The maximum atomic E-state index is 13.0. The smallest absolute Gasteiger partial charge is 0.253 e. The molecule has 2 N–H and O–H groups in total. The number of likely N-dealkylation sites (tertiary alicyclic amines) is 1. The lowest BCUT2D eigenvalue weighted by atomic mass is 9.88. The number of rotatable bonds is 7. The molecule has 3 rings (SSSR count). The Kier molecular flexibility index (Phi) is 8.03. The van der Waals surface area contributed by atoms with Crippen LogP contribution in [0.1, 0.15) is 53.0 Å². The highest BCUT2D eigenvalue weighted by atomic mass is 16.2. The van der Waals surface area contributed by atoms with Crippen molar-refractivity contribution in [1.29, 1.82) is 0 Å². The van der Waals surface area contributed by atoms with Crippen LogP contribution in [0.5, 0.6) is 0 Å². The third kappa shape index (κ3) is 6.19. The molecule has 0 bridgehead atoms. The van der Waals surface area contributed by atoms with Crippen molar-refractivity contribution in [2.45, 2.75) is 39.7 Å². The standard InChI is InChI=1S/C26H33N3O3/c1-18(2)17-27-25(31)23(28-24(30)21-9-5-4-6-10-21)20-12-14-29(15-13-20)26(32)22-11-7-8-19(3)16-22/h4-11,16,18,20,23H,12-15,17H2,1-3H3,(H,27,31)(H,28,30)/t23-/m1/s1. The van der Waals surface area contributed by atoms with Crippen LogP contribution >= 0.6 is 0 Å². The maximum absolute atomic E-state index is 13.0. The minimum atomic E-state index is -0.627. The number of hydrogen-bond acceptors (Lipinski definition) is 3. The highest BCUT2D eigenvalue weighted by Gasteiger charge is 2.34. The monoisotopic (exact) mass is 435 g/mol. The molecular weight excluding hydrogens is 402 g/mol. The molecule has 1 fully saturated rings. The zero-order valence-corrected chi connectivity index (χ0v) is 19.1. The van der Waals surface area contributed by atoms with E-state index in [0.29, 0.717) is 49.5 Å². The summed E-state index contributed by atoms with van der Waals surface area (Å²) in [7, 11) is 0. The highest BCUT2D eigenvalue weighted by Crippen LogP contribution is 2.23.